The van der Waals surface area contributed by atoms with Crippen LogP contribution in [0.3, 0.4) is 0 Å². The average molecular weight is 134 g/mol. The number of aliphatic hydroxyl groups excluding tert-OH is 1. The van der Waals surface area contributed by atoms with Crippen molar-refractivity contribution in [2.75, 3.05) is 0 Å². The number of hydrogen-bond donors (Lipinski definition) is 2. The Labute approximate surface area is 55.3 Å². The molecule has 0 aliphatic rings. The molecule has 0 heterocycles. The van der Waals surface area contributed by atoms with Gasteiger partial charge >= 0.3 is 0 Å². The second kappa shape index (κ2) is 4.73. The fourth-order valence-corrected chi connectivity index (χ4v) is 0.653. The summed E-state index contributed by atoms with van der Waals surface area (Å²) in [5.74, 6) is 0. The Balaban J connectivity index is 3.31. The SMILES string of the molecule is CCC(CC)OC(O)O. The third kappa shape index (κ3) is 4.39. The van der Waals surface area contributed by atoms with Crippen LogP contribution in [0.2, 0.25) is 0 Å². The van der Waals surface area contributed by atoms with Gasteiger partial charge in [-0.1, -0.05) is 13.8 Å². The fourth-order valence-electron chi connectivity index (χ4n) is 0.653. The van der Waals surface area contributed by atoms with Gasteiger partial charge in [0, 0.05) is 0 Å². The molecule has 0 unspecified atom stereocenters. The van der Waals surface area contributed by atoms with E-state index in [4.69, 9.17) is 10.2 Å². The van der Waals surface area contributed by atoms with Gasteiger partial charge in [0.15, 0.2) is 0 Å². The molecule has 9 heavy (non-hydrogen) atoms. The van der Waals surface area contributed by atoms with Crippen molar-refractivity contribution >= 4 is 0 Å². The van der Waals surface area contributed by atoms with E-state index in [1.54, 1.807) is 0 Å². The van der Waals surface area contributed by atoms with Crippen LogP contribution in [0.5, 0.6) is 0 Å². The van der Waals surface area contributed by atoms with Crippen molar-refractivity contribution in [2.24, 2.45) is 0 Å². The summed E-state index contributed by atoms with van der Waals surface area (Å²) in [6.07, 6.45) is 1.60. The van der Waals surface area contributed by atoms with E-state index in [1.165, 1.54) is 0 Å². The molecule has 0 aliphatic carbocycles. The zero-order valence-electron chi connectivity index (χ0n) is 5.87. The van der Waals surface area contributed by atoms with E-state index in [0.717, 1.165) is 12.8 Å². The maximum atomic E-state index is 8.32. The lowest BCUT2D eigenvalue weighted by molar-refractivity contribution is -0.256. The molecule has 56 valence electrons. The van der Waals surface area contributed by atoms with Crippen LogP contribution in [0, 0.1) is 0 Å². The predicted octanol–water partition coefficient (Wildman–Crippen LogP) is 0.460. The highest BCUT2D eigenvalue weighted by Crippen LogP contribution is 2.03. The van der Waals surface area contributed by atoms with Gasteiger partial charge in [-0.2, -0.15) is 0 Å². The standard InChI is InChI=1S/C6H14O3/c1-3-5(4-2)9-6(7)8/h5-8H,3-4H2,1-2H3. The van der Waals surface area contributed by atoms with Crippen molar-refractivity contribution in [3.8, 4) is 0 Å². The largest absolute Gasteiger partial charge is 0.346 e. The number of ether oxygens (including phenoxy) is 1. The van der Waals surface area contributed by atoms with E-state index in [-0.39, 0.29) is 6.10 Å². The van der Waals surface area contributed by atoms with Gasteiger partial charge in [0.1, 0.15) is 0 Å². The highest BCUT2D eigenvalue weighted by molar-refractivity contribution is 4.48. The predicted molar refractivity (Wildman–Crippen MR) is 33.7 cm³/mol. The Morgan fingerprint density at radius 3 is 1.78 bits per heavy atom. The molecule has 0 atom stereocenters. The second-order valence-electron chi connectivity index (χ2n) is 1.90. The van der Waals surface area contributed by atoms with Crippen molar-refractivity contribution in [3.63, 3.8) is 0 Å². The number of rotatable bonds is 4. The minimum Gasteiger partial charge on any atom is -0.346 e. The molecule has 3 nitrogen and oxygen atoms in total. The highest BCUT2D eigenvalue weighted by Gasteiger charge is 2.06. The molecule has 0 saturated heterocycles. The van der Waals surface area contributed by atoms with Crippen LogP contribution in [0.4, 0.5) is 0 Å². The lowest BCUT2D eigenvalue weighted by Gasteiger charge is -2.14. The van der Waals surface area contributed by atoms with E-state index < -0.39 is 6.48 Å². The molecular formula is C6H14O3. The van der Waals surface area contributed by atoms with Crippen LogP contribution < -0.4 is 0 Å². The van der Waals surface area contributed by atoms with Crippen LogP contribution in [0.1, 0.15) is 26.7 Å². The third-order valence-electron chi connectivity index (χ3n) is 1.22. The molecule has 0 saturated carbocycles. The van der Waals surface area contributed by atoms with Gasteiger partial charge in [-0.3, -0.25) is 0 Å². The van der Waals surface area contributed by atoms with Gasteiger partial charge in [-0.15, -0.1) is 0 Å². The number of hydrogen-bond acceptors (Lipinski definition) is 3. The van der Waals surface area contributed by atoms with Gasteiger partial charge in [0.25, 0.3) is 6.48 Å². The maximum Gasteiger partial charge on any atom is 0.266 e. The minimum atomic E-state index is -1.62. The van der Waals surface area contributed by atoms with E-state index >= 15 is 0 Å². The molecule has 3 heteroatoms. The zero-order chi connectivity index (χ0) is 7.28. The summed E-state index contributed by atoms with van der Waals surface area (Å²) in [7, 11) is 0. The van der Waals surface area contributed by atoms with Crippen LogP contribution in [-0.4, -0.2) is 22.8 Å². The van der Waals surface area contributed by atoms with Gasteiger partial charge in [-0.05, 0) is 12.8 Å². The second-order valence-corrected chi connectivity index (χ2v) is 1.90. The Hall–Kier alpha value is -0.120. The molecule has 0 aromatic carbocycles. The van der Waals surface area contributed by atoms with Gasteiger partial charge in [-0.25, -0.2) is 0 Å². The Morgan fingerprint density at radius 1 is 1.22 bits per heavy atom. The van der Waals surface area contributed by atoms with Crippen LogP contribution in [0.15, 0.2) is 0 Å². The van der Waals surface area contributed by atoms with E-state index in [1.807, 2.05) is 13.8 Å². The number of aliphatic hydroxyl groups is 2. The summed E-state index contributed by atoms with van der Waals surface area (Å²) in [6, 6.07) is 0. The molecule has 0 spiro atoms. The molecular weight excluding hydrogens is 120 g/mol. The average Bonchev–Trinajstić information content (AvgIpc) is 1.82. The third-order valence-corrected chi connectivity index (χ3v) is 1.22. The molecule has 0 fully saturated rings. The first-order chi connectivity index (χ1) is 4.20. The van der Waals surface area contributed by atoms with Gasteiger partial charge in [0.05, 0.1) is 6.10 Å². The first-order valence-electron chi connectivity index (χ1n) is 3.22. The molecule has 2 N–H and O–H groups in total. The normalized spacial score (nSPS) is 11.3. The van der Waals surface area contributed by atoms with Crippen molar-refractivity contribution in [1.29, 1.82) is 0 Å². The minimum absolute atomic E-state index is 0.0231. The van der Waals surface area contributed by atoms with E-state index in [2.05, 4.69) is 4.74 Å². The molecule has 0 amide bonds. The zero-order valence-corrected chi connectivity index (χ0v) is 5.87. The Morgan fingerprint density at radius 2 is 1.67 bits per heavy atom. The summed E-state index contributed by atoms with van der Waals surface area (Å²) < 4.78 is 4.66. The quantitative estimate of drug-likeness (QED) is 0.549. The van der Waals surface area contributed by atoms with Crippen molar-refractivity contribution in [3.05, 3.63) is 0 Å². The lowest BCUT2D eigenvalue weighted by atomic mass is 10.2. The first-order valence-corrected chi connectivity index (χ1v) is 3.22. The maximum absolute atomic E-state index is 8.32. The van der Waals surface area contributed by atoms with Crippen LogP contribution >= 0.6 is 0 Å². The molecule has 0 aromatic heterocycles. The Kier molecular flexibility index (Phi) is 4.67. The first kappa shape index (κ1) is 8.88. The summed E-state index contributed by atoms with van der Waals surface area (Å²) in [5.41, 5.74) is 0. The van der Waals surface area contributed by atoms with Crippen molar-refractivity contribution < 1.29 is 14.9 Å². The van der Waals surface area contributed by atoms with Crippen LogP contribution in [0.25, 0.3) is 0 Å². The van der Waals surface area contributed by atoms with E-state index in [0.29, 0.717) is 0 Å². The fraction of sp³-hybridized carbons (Fsp3) is 1.00. The van der Waals surface area contributed by atoms with Gasteiger partial charge in [0.2, 0.25) is 0 Å². The summed E-state index contributed by atoms with van der Waals surface area (Å²) in [6.45, 7) is 2.27. The summed E-state index contributed by atoms with van der Waals surface area (Å²) >= 11 is 0. The summed E-state index contributed by atoms with van der Waals surface area (Å²) in [5, 5.41) is 16.6. The molecule has 0 rings (SSSR count). The van der Waals surface area contributed by atoms with Gasteiger partial charge < -0.3 is 14.9 Å². The molecule has 0 radical (unpaired) electrons. The monoisotopic (exact) mass is 134 g/mol. The topological polar surface area (TPSA) is 49.7 Å². The highest BCUT2D eigenvalue weighted by atomic mass is 16.7. The summed E-state index contributed by atoms with van der Waals surface area (Å²) in [4.78, 5) is 0. The molecule has 0 aliphatic heterocycles. The van der Waals surface area contributed by atoms with Crippen molar-refractivity contribution in [1.82, 2.24) is 0 Å². The Bertz CT molecular complexity index is 59.3. The van der Waals surface area contributed by atoms with Crippen molar-refractivity contribution in [2.45, 2.75) is 39.3 Å². The van der Waals surface area contributed by atoms with Crippen LogP contribution in [-0.2, 0) is 4.74 Å². The van der Waals surface area contributed by atoms with E-state index in [9.17, 15) is 0 Å². The molecule has 0 aromatic rings. The molecule has 0 bridgehead atoms. The lowest BCUT2D eigenvalue weighted by Crippen LogP contribution is -2.19. The smallest absolute Gasteiger partial charge is 0.266 e.